The molecule has 7 heteroatoms. The lowest BCUT2D eigenvalue weighted by Gasteiger charge is -2.19. The number of hydrogen-bond donors (Lipinski definition) is 0. The molecule has 0 unspecified atom stereocenters. The largest absolute Gasteiger partial charge is 0.418 e. The van der Waals surface area contributed by atoms with Crippen molar-refractivity contribution in [1.82, 2.24) is 4.90 Å². The van der Waals surface area contributed by atoms with E-state index in [1.807, 2.05) is 0 Å². The summed E-state index contributed by atoms with van der Waals surface area (Å²) in [6.45, 7) is -0.118. The van der Waals surface area contributed by atoms with Gasteiger partial charge in [-0.15, -0.1) is 0 Å². The topological polar surface area (TPSA) is 46.4 Å². The Morgan fingerprint density at radius 3 is 2.57 bits per heavy atom. The van der Waals surface area contributed by atoms with Crippen molar-refractivity contribution in [2.75, 3.05) is 13.6 Å². The molecule has 14 heavy (non-hydrogen) atoms. The van der Waals surface area contributed by atoms with Crippen molar-refractivity contribution < 1.29 is 18.1 Å². The summed E-state index contributed by atoms with van der Waals surface area (Å²) < 4.78 is 36.6. The van der Waals surface area contributed by atoms with E-state index >= 15 is 0 Å². The van der Waals surface area contributed by atoms with Gasteiger partial charge in [-0.3, -0.25) is 10.1 Å². The molecule has 0 aromatic carbocycles. The van der Waals surface area contributed by atoms with E-state index in [0.29, 0.717) is 6.08 Å². The van der Waals surface area contributed by atoms with E-state index in [9.17, 15) is 23.3 Å². The fourth-order valence-electron chi connectivity index (χ4n) is 1.07. The Morgan fingerprint density at radius 1 is 1.57 bits per heavy atom. The molecule has 4 nitrogen and oxygen atoms in total. The molecule has 0 aromatic rings. The van der Waals surface area contributed by atoms with Crippen LogP contribution < -0.4 is 0 Å². The maximum Gasteiger partial charge on any atom is 0.418 e. The lowest BCUT2D eigenvalue weighted by Crippen LogP contribution is -2.26. The minimum Gasteiger partial charge on any atom is -0.369 e. The minimum absolute atomic E-state index is 0.118. The summed E-state index contributed by atoms with van der Waals surface area (Å²) in [6, 6.07) is 0. The van der Waals surface area contributed by atoms with E-state index in [1.165, 1.54) is 7.05 Å². The molecule has 0 bridgehead atoms. The Bertz CT molecular complexity index is 319. The molecule has 0 aliphatic carbocycles. The molecule has 1 aliphatic heterocycles. The third-order valence-electron chi connectivity index (χ3n) is 1.65. The van der Waals surface area contributed by atoms with Crippen molar-refractivity contribution in [2.24, 2.45) is 0 Å². The summed E-state index contributed by atoms with van der Waals surface area (Å²) >= 11 is 0. The van der Waals surface area contributed by atoms with E-state index in [0.717, 1.165) is 11.1 Å². The summed E-state index contributed by atoms with van der Waals surface area (Å²) in [7, 11) is 1.35. The Balaban J connectivity index is 3.02. The number of nitrogens with zero attached hydrogens (tertiary/aromatic N) is 2. The number of likely N-dealkylation sites (N-methyl/N-ethyl adjacent to an activating group) is 1. The Labute approximate surface area is 77.5 Å². The zero-order valence-electron chi connectivity index (χ0n) is 7.21. The molecule has 0 N–H and O–H groups in total. The smallest absolute Gasteiger partial charge is 0.369 e. The van der Waals surface area contributed by atoms with Gasteiger partial charge >= 0.3 is 6.18 Å². The van der Waals surface area contributed by atoms with Gasteiger partial charge in [0.05, 0.1) is 10.5 Å². The lowest BCUT2D eigenvalue weighted by molar-refractivity contribution is -0.428. The zero-order valence-corrected chi connectivity index (χ0v) is 7.21. The first-order valence-corrected chi connectivity index (χ1v) is 3.65. The predicted octanol–water partition coefficient (Wildman–Crippen LogP) is 1.54. The molecule has 1 heterocycles. The number of alkyl halides is 3. The summed E-state index contributed by atoms with van der Waals surface area (Å²) in [6.07, 6.45) is -3.15. The first-order valence-electron chi connectivity index (χ1n) is 3.65. The van der Waals surface area contributed by atoms with E-state index in [-0.39, 0.29) is 6.54 Å². The van der Waals surface area contributed by atoms with Crippen LogP contribution in [0.5, 0.6) is 0 Å². The van der Waals surface area contributed by atoms with Crippen molar-refractivity contribution in [3.8, 4) is 0 Å². The third-order valence-corrected chi connectivity index (χ3v) is 1.65. The van der Waals surface area contributed by atoms with Crippen LogP contribution in [0, 0.1) is 10.1 Å². The highest BCUT2D eigenvalue weighted by atomic mass is 19.4. The highest BCUT2D eigenvalue weighted by Gasteiger charge is 2.36. The molecule has 0 saturated carbocycles. The van der Waals surface area contributed by atoms with Crippen molar-refractivity contribution in [3.63, 3.8) is 0 Å². The second kappa shape index (κ2) is 3.32. The van der Waals surface area contributed by atoms with Gasteiger partial charge in [-0.1, -0.05) is 0 Å². The summed E-state index contributed by atoms with van der Waals surface area (Å²) in [5, 5.41) is 10.3. The fourth-order valence-corrected chi connectivity index (χ4v) is 1.07. The molecular formula is C7H7F3N2O2. The normalized spacial score (nSPS) is 17.6. The Morgan fingerprint density at radius 2 is 2.14 bits per heavy atom. The van der Waals surface area contributed by atoms with Crippen LogP contribution in [0.2, 0.25) is 0 Å². The molecule has 0 fully saturated rings. The van der Waals surface area contributed by atoms with E-state index in [4.69, 9.17) is 0 Å². The van der Waals surface area contributed by atoms with Crippen LogP contribution in [0.25, 0.3) is 0 Å². The molecule has 0 amide bonds. The second-order valence-electron chi connectivity index (χ2n) is 2.89. The molecule has 0 saturated heterocycles. The molecule has 0 radical (unpaired) electrons. The van der Waals surface area contributed by atoms with E-state index in [2.05, 4.69) is 0 Å². The van der Waals surface area contributed by atoms with Gasteiger partial charge in [0.15, 0.2) is 0 Å². The highest BCUT2D eigenvalue weighted by molar-refractivity contribution is 5.28. The predicted molar refractivity (Wildman–Crippen MR) is 41.8 cm³/mol. The number of rotatable bonds is 1. The van der Waals surface area contributed by atoms with Crippen LogP contribution in [0.1, 0.15) is 0 Å². The van der Waals surface area contributed by atoms with Gasteiger partial charge in [-0.2, -0.15) is 13.2 Å². The average molecular weight is 208 g/mol. The molecule has 0 atom stereocenters. The first-order chi connectivity index (χ1) is 6.30. The maximum atomic E-state index is 12.2. The molecule has 1 rings (SSSR count). The van der Waals surface area contributed by atoms with Gasteiger partial charge < -0.3 is 4.90 Å². The van der Waals surface area contributed by atoms with Gasteiger partial charge in [0.2, 0.25) is 0 Å². The van der Waals surface area contributed by atoms with Gasteiger partial charge in [-0.05, 0) is 0 Å². The molecule has 1 aliphatic rings. The summed E-state index contributed by atoms with van der Waals surface area (Å²) in [5.74, 6) is 0. The molecule has 0 aromatic heterocycles. The standard InChI is InChI=1S/C7H7F3N2O2/c1-11-3-5(7(8,9)10)2-6(4-11)12(13)14/h2-3H,4H2,1H3. The minimum atomic E-state index is -4.55. The van der Waals surface area contributed by atoms with Crippen molar-refractivity contribution in [2.45, 2.75) is 6.18 Å². The number of halogens is 3. The fraction of sp³-hybridized carbons (Fsp3) is 0.429. The van der Waals surface area contributed by atoms with Crippen LogP contribution in [-0.4, -0.2) is 29.6 Å². The third kappa shape index (κ3) is 2.24. The van der Waals surface area contributed by atoms with Crippen LogP contribution >= 0.6 is 0 Å². The Hall–Kier alpha value is -1.53. The van der Waals surface area contributed by atoms with Gasteiger partial charge in [-0.25, -0.2) is 0 Å². The van der Waals surface area contributed by atoms with Gasteiger partial charge in [0, 0.05) is 19.3 Å². The first kappa shape index (κ1) is 10.6. The quantitative estimate of drug-likeness (QED) is 0.485. The van der Waals surface area contributed by atoms with Crippen molar-refractivity contribution in [1.29, 1.82) is 0 Å². The highest BCUT2D eigenvalue weighted by Crippen LogP contribution is 2.29. The molecule has 78 valence electrons. The molecule has 0 spiro atoms. The zero-order chi connectivity index (χ0) is 10.9. The maximum absolute atomic E-state index is 12.2. The van der Waals surface area contributed by atoms with Crippen molar-refractivity contribution in [3.05, 3.63) is 33.7 Å². The number of hydrogen-bond acceptors (Lipinski definition) is 3. The van der Waals surface area contributed by atoms with Gasteiger partial charge in [0.1, 0.15) is 6.54 Å². The summed E-state index contributed by atoms with van der Waals surface area (Å²) in [4.78, 5) is 10.6. The van der Waals surface area contributed by atoms with Crippen LogP contribution in [0.3, 0.4) is 0 Å². The van der Waals surface area contributed by atoms with Crippen LogP contribution in [0.15, 0.2) is 23.5 Å². The Kier molecular flexibility index (Phi) is 2.50. The number of nitro groups is 1. The monoisotopic (exact) mass is 208 g/mol. The lowest BCUT2D eigenvalue weighted by atomic mass is 10.1. The molecular weight excluding hydrogens is 201 g/mol. The van der Waals surface area contributed by atoms with Crippen molar-refractivity contribution >= 4 is 0 Å². The summed E-state index contributed by atoms with van der Waals surface area (Å²) in [5.41, 5.74) is -1.46. The van der Waals surface area contributed by atoms with E-state index < -0.39 is 22.4 Å². The van der Waals surface area contributed by atoms with Gasteiger partial charge in [0.25, 0.3) is 5.70 Å². The average Bonchev–Trinajstić information content (AvgIpc) is 2.01. The number of allylic oxidation sites excluding steroid dienone is 2. The van der Waals surface area contributed by atoms with Crippen LogP contribution in [-0.2, 0) is 0 Å². The van der Waals surface area contributed by atoms with Crippen LogP contribution in [0.4, 0.5) is 13.2 Å². The second-order valence-corrected chi connectivity index (χ2v) is 2.89. The SMILES string of the molecule is CN1C=C(C(F)(F)F)C=C([N+](=O)[O-])C1. The van der Waals surface area contributed by atoms with E-state index in [1.54, 1.807) is 0 Å².